The molecule has 0 bridgehead atoms. The van der Waals surface area contributed by atoms with Crippen LogP contribution in [-0.2, 0) is 9.53 Å². The van der Waals surface area contributed by atoms with E-state index in [-0.39, 0.29) is 16.9 Å². The van der Waals surface area contributed by atoms with Gasteiger partial charge in [-0.25, -0.2) is 0 Å². The van der Waals surface area contributed by atoms with Gasteiger partial charge in [-0.15, -0.1) is 11.6 Å². The van der Waals surface area contributed by atoms with Gasteiger partial charge in [0.1, 0.15) is 0 Å². The lowest BCUT2D eigenvalue weighted by atomic mass is 9.77. The minimum absolute atomic E-state index is 0.137. The van der Waals surface area contributed by atoms with Crippen molar-refractivity contribution in [2.24, 2.45) is 0 Å². The smallest absolute Gasteiger partial charge is 0.225 e. The molecule has 0 spiro atoms. The van der Waals surface area contributed by atoms with Gasteiger partial charge >= 0.3 is 0 Å². The Morgan fingerprint density at radius 2 is 2.25 bits per heavy atom. The molecule has 0 aromatic heterocycles. The fourth-order valence-electron chi connectivity index (χ4n) is 2.56. The number of rotatable bonds is 3. The van der Waals surface area contributed by atoms with Gasteiger partial charge in [-0.2, -0.15) is 0 Å². The van der Waals surface area contributed by atoms with Gasteiger partial charge in [0.15, 0.2) is 0 Å². The molecule has 1 atom stereocenters. The minimum Gasteiger partial charge on any atom is -0.378 e. The number of halogens is 1. The predicted octanol–water partition coefficient (Wildman–Crippen LogP) is 2.18. The molecule has 92 valence electrons. The van der Waals surface area contributed by atoms with Gasteiger partial charge in [0.05, 0.1) is 17.4 Å². The maximum atomic E-state index is 12.1. The second-order valence-corrected chi connectivity index (χ2v) is 5.61. The summed E-state index contributed by atoms with van der Waals surface area (Å²) < 4.78 is 5.48. The average molecular weight is 246 g/mol. The number of hydrogen-bond acceptors (Lipinski definition) is 2. The standard InChI is InChI=1S/C12H20ClNO2/c1-16-12(5-3-6-12)8-11(15)14-7-2-4-10(13)9-14/h10H,2-9H2,1H3. The first kappa shape index (κ1) is 12.2. The largest absolute Gasteiger partial charge is 0.378 e. The lowest BCUT2D eigenvalue weighted by Gasteiger charge is -2.41. The first-order chi connectivity index (χ1) is 7.65. The summed E-state index contributed by atoms with van der Waals surface area (Å²) in [6.07, 6.45) is 5.81. The summed E-state index contributed by atoms with van der Waals surface area (Å²) in [4.78, 5) is 14.0. The van der Waals surface area contributed by atoms with Crippen LogP contribution in [0.4, 0.5) is 0 Å². The van der Waals surface area contributed by atoms with Gasteiger partial charge in [0.2, 0.25) is 5.91 Å². The average Bonchev–Trinajstić information content (AvgIpc) is 2.23. The molecule has 0 radical (unpaired) electrons. The predicted molar refractivity (Wildman–Crippen MR) is 63.7 cm³/mol. The number of likely N-dealkylation sites (tertiary alicyclic amines) is 1. The van der Waals surface area contributed by atoms with E-state index in [1.807, 2.05) is 4.90 Å². The molecule has 4 heteroatoms. The van der Waals surface area contributed by atoms with E-state index in [1.165, 1.54) is 6.42 Å². The van der Waals surface area contributed by atoms with Crippen molar-refractivity contribution < 1.29 is 9.53 Å². The van der Waals surface area contributed by atoms with Crippen LogP contribution in [0.2, 0.25) is 0 Å². The maximum absolute atomic E-state index is 12.1. The Labute approximate surface area is 102 Å². The number of alkyl halides is 1. The van der Waals surface area contributed by atoms with Crippen molar-refractivity contribution in [1.29, 1.82) is 0 Å². The van der Waals surface area contributed by atoms with Crippen LogP contribution in [0.1, 0.15) is 38.5 Å². The second-order valence-electron chi connectivity index (χ2n) is 5.00. The van der Waals surface area contributed by atoms with Gasteiger partial charge in [-0.3, -0.25) is 4.79 Å². The van der Waals surface area contributed by atoms with Crippen molar-refractivity contribution in [3.8, 4) is 0 Å². The number of carbonyl (C=O) groups excluding carboxylic acids is 1. The second kappa shape index (κ2) is 4.92. The molecule has 3 nitrogen and oxygen atoms in total. The third-order valence-electron chi connectivity index (χ3n) is 3.89. The monoisotopic (exact) mass is 245 g/mol. The molecule has 2 fully saturated rings. The van der Waals surface area contributed by atoms with Gasteiger partial charge in [-0.05, 0) is 32.1 Å². The number of methoxy groups -OCH3 is 1. The van der Waals surface area contributed by atoms with E-state index in [0.717, 1.165) is 32.2 Å². The molecular weight excluding hydrogens is 226 g/mol. The van der Waals surface area contributed by atoms with Crippen LogP contribution in [0.15, 0.2) is 0 Å². The molecule has 1 saturated heterocycles. The van der Waals surface area contributed by atoms with Crippen LogP contribution in [0.25, 0.3) is 0 Å². The number of ether oxygens (including phenoxy) is 1. The summed E-state index contributed by atoms with van der Waals surface area (Å²) in [6, 6.07) is 0. The van der Waals surface area contributed by atoms with Crippen molar-refractivity contribution in [2.75, 3.05) is 20.2 Å². The fraction of sp³-hybridized carbons (Fsp3) is 0.917. The Morgan fingerprint density at radius 3 is 2.75 bits per heavy atom. The Kier molecular flexibility index (Phi) is 3.75. The number of carbonyl (C=O) groups is 1. The van der Waals surface area contributed by atoms with Crippen molar-refractivity contribution in [1.82, 2.24) is 4.90 Å². The molecule has 1 amide bonds. The first-order valence-corrected chi connectivity index (χ1v) is 6.56. The quantitative estimate of drug-likeness (QED) is 0.714. The fourth-order valence-corrected chi connectivity index (χ4v) is 2.88. The Hall–Kier alpha value is -0.280. The van der Waals surface area contributed by atoms with Gasteiger partial charge in [-0.1, -0.05) is 0 Å². The molecule has 0 aromatic rings. The van der Waals surface area contributed by atoms with E-state index in [4.69, 9.17) is 16.3 Å². The zero-order valence-corrected chi connectivity index (χ0v) is 10.6. The summed E-state index contributed by atoms with van der Waals surface area (Å²) >= 11 is 6.08. The SMILES string of the molecule is COC1(CC(=O)N2CCCC(Cl)C2)CCC1. The number of piperidine rings is 1. The zero-order valence-electron chi connectivity index (χ0n) is 9.88. The maximum Gasteiger partial charge on any atom is 0.225 e. The highest BCUT2D eigenvalue weighted by molar-refractivity contribution is 6.20. The highest BCUT2D eigenvalue weighted by Crippen LogP contribution is 2.38. The molecule has 1 saturated carbocycles. The third-order valence-corrected chi connectivity index (χ3v) is 4.24. The molecule has 1 aliphatic carbocycles. The molecule has 1 heterocycles. The zero-order chi connectivity index (χ0) is 11.6. The van der Waals surface area contributed by atoms with Gasteiger partial charge in [0, 0.05) is 20.2 Å². The summed E-state index contributed by atoms with van der Waals surface area (Å²) in [5.74, 6) is 0.215. The number of hydrogen-bond donors (Lipinski definition) is 0. The van der Waals surface area contributed by atoms with Crippen molar-refractivity contribution >= 4 is 17.5 Å². The topological polar surface area (TPSA) is 29.5 Å². The first-order valence-electron chi connectivity index (χ1n) is 6.12. The van der Waals surface area contributed by atoms with Crippen LogP contribution in [0.3, 0.4) is 0 Å². The van der Waals surface area contributed by atoms with E-state index >= 15 is 0 Å². The minimum atomic E-state index is -0.156. The van der Waals surface area contributed by atoms with Crippen LogP contribution in [0.5, 0.6) is 0 Å². The van der Waals surface area contributed by atoms with Crippen molar-refractivity contribution in [3.63, 3.8) is 0 Å². The van der Waals surface area contributed by atoms with Crippen LogP contribution in [-0.4, -0.2) is 42.0 Å². The Morgan fingerprint density at radius 1 is 1.50 bits per heavy atom. The van der Waals surface area contributed by atoms with Crippen molar-refractivity contribution in [2.45, 2.75) is 49.5 Å². The highest BCUT2D eigenvalue weighted by Gasteiger charge is 2.40. The van der Waals surface area contributed by atoms with Crippen LogP contribution < -0.4 is 0 Å². The molecule has 2 rings (SSSR count). The van der Waals surface area contributed by atoms with Crippen LogP contribution in [0, 0.1) is 0 Å². The summed E-state index contributed by atoms with van der Waals surface area (Å²) in [5.41, 5.74) is -0.156. The Bertz CT molecular complexity index is 260. The molecular formula is C12H20ClNO2. The van der Waals surface area contributed by atoms with E-state index in [0.29, 0.717) is 13.0 Å². The van der Waals surface area contributed by atoms with Gasteiger partial charge < -0.3 is 9.64 Å². The number of nitrogens with zero attached hydrogens (tertiary/aromatic N) is 1. The summed E-state index contributed by atoms with van der Waals surface area (Å²) in [6.45, 7) is 1.57. The molecule has 16 heavy (non-hydrogen) atoms. The molecule has 2 aliphatic rings. The van der Waals surface area contributed by atoms with E-state index in [1.54, 1.807) is 7.11 Å². The highest BCUT2D eigenvalue weighted by atomic mass is 35.5. The van der Waals surface area contributed by atoms with E-state index < -0.39 is 0 Å². The third kappa shape index (κ3) is 2.51. The normalized spacial score (nSPS) is 28.6. The molecule has 0 N–H and O–H groups in total. The lowest BCUT2D eigenvalue weighted by Crippen LogP contribution is -2.47. The molecule has 1 aliphatic heterocycles. The van der Waals surface area contributed by atoms with Crippen molar-refractivity contribution in [3.05, 3.63) is 0 Å². The van der Waals surface area contributed by atoms with Gasteiger partial charge in [0.25, 0.3) is 0 Å². The summed E-state index contributed by atoms with van der Waals surface area (Å²) in [7, 11) is 1.72. The number of amides is 1. The molecule has 0 aromatic carbocycles. The molecule has 1 unspecified atom stereocenters. The lowest BCUT2D eigenvalue weighted by molar-refractivity contribution is -0.144. The van der Waals surface area contributed by atoms with E-state index in [2.05, 4.69) is 0 Å². The van der Waals surface area contributed by atoms with E-state index in [9.17, 15) is 4.79 Å². The Balaban J connectivity index is 1.87. The summed E-state index contributed by atoms with van der Waals surface area (Å²) in [5, 5.41) is 0.137. The van der Waals surface area contributed by atoms with Crippen LogP contribution >= 0.6 is 11.6 Å².